The van der Waals surface area contributed by atoms with Crippen molar-refractivity contribution in [2.75, 3.05) is 0 Å². The van der Waals surface area contributed by atoms with E-state index in [0.29, 0.717) is 74.5 Å². The van der Waals surface area contributed by atoms with Gasteiger partial charge in [-0.3, -0.25) is 4.79 Å². The molecule has 0 amide bonds. The number of carboxylic acids is 2. The van der Waals surface area contributed by atoms with Crippen molar-refractivity contribution in [3.63, 3.8) is 0 Å². The standard InChI is InChI=1S/C17H24F2O4.C12H16F2O3.2C6H6S/c1-9(2)13(17(18,19)14(20)21)23-15(22)16-6-10-3-11(7-16)5-12(4-10)8-16;13-12(14,10(15)16)11(17)8-2-6-1-7(4-8)5-9(11)3-6;2*7-6-4-2-1-3-5-6/h9-13H,3-8H2,1-2H3,(H,20,21);6-9,17H,1-5H2,(H,15,16);2*1-5,7H. The average molecular weight is 797 g/mol. The van der Waals surface area contributed by atoms with Crippen molar-refractivity contribution in [2.24, 2.45) is 52.8 Å². The Morgan fingerprint density at radius 1 is 0.685 bits per heavy atom. The number of aliphatic hydroxyl groups is 1. The van der Waals surface area contributed by atoms with E-state index < -0.39 is 64.6 Å². The van der Waals surface area contributed by atoms with Crippen molar-refractivity contribution >= 4 is 43.2 Å². The molecule has 8 saturated carbocycles. The maximum Gasteiger partial charge on any atom is 0.323 e. The van der Waals surface area contributed by atoms with E-state index in [2.05, 4.69) is 25.3 Å². The molecule has 0 radical (unpaired) electrons. The highest BCUT2D eigenvalue weighted by atomic mass is 32.1. The molecule has 1 unspecified atom stereocenters. The molecule has 8 aliphatic carbocycles. The van der Waals surface area contributed by atoms with Crippen LogP contribution in [0.4, 0.5) is 17.6 Å². The minimum absolute atomic E-state index is 0.398. The minimum atomic E-state index is -4.17. The van der Waals surface area contributed by atoms with Crippen LogP contribution in [-0.2, 0) is 44.4 Å². The first-order valence-corrected chi connectivity index (χ1v) is 19.9. The number of aliphatic carboxylic acids is 2. The van der Waals surface area contributed by atoms with Crippen molar-refractivity contribution in [1.82, 2.24) is 0 Å². The van der Waals surface area contributed by atoms with Gasteiger partial charge in [0.05, 0.1) is 5.41 Å². The zero-order valence-corrected chi connectivity index (χ0v) is 32.7. The number of alkyl halides is 4. The second-order valence-electron chi connectivity index (χ2n) is 16.9. The quantitative estimate of drug-likeness (QED) is 0.242. The van der Waals surface area contributed by atoms with Crippen molar-refractivity contribution in [3.8, 4) is 0 Å². The van der Waals surface area contributed by atoms with Crippen molar-refractivity contribution in [2.45, 2.75) is 118 Å². The summed E-state index contributed by atoms with van der Waals surface area (Å²) in [7, 11) is 0. The molecule has 8 aliphatic rings. The van der Waals surface area contributed by atoms with Crippen LogP contribution in [0.15, 0.2) is 70.5 Å². The van der Waals surface area contributed by atoms with E-state index in [1.54, 1.807) is 0 Å². The van der Waals surface area contributed by atoms with Crippen LogP contribution in [0.1, 0.15) is 84.5 Å². The Morgan fingerprint density at radius 2 is 1.06 bits per heavy atom. The molecule has 0 aromatic heterocycles. The van der Waals surface area contributed by atoms with E-state index >= 15 is 0 Å². The largest absolute Gasteiger partial charge is 0.544 e. The van der Waals surface area contributed by atoms with Gasteiger partial charge in [0, 0.05) is 0 Å². The smallest absolute Gasteiger partial charge is 0.323 e. The molecule has 0 heterocycles. The number of carbonyl (C=O) groups excluding carboxylic acids is 3. The van der Waals surface area contributed by atoms with Gasteiger partial charge in [0.25, 0.3) is 0 Å². The van der Waals surface area contributed by atoms with E-state index in [-0.39, 0.29) is 0 Å². The summed E-state index contributed by atoms with van der Waals surface area (Å²) < 4.78 is 60.4. The Morgan fingerprint density at radius 3 is 1.35 bits per heavy atom. The topological polar surface area (TPSA) is 127 Å². The van der Waals surface area contributed by atoms with Crippen LogP contribution < -0.4 is 10.2 Å². The molecular formula is C41H52F4O7S2. The summed E-state index contributed by atoms with van der Waals surface area (Å²) in [6.45, 7) is 2.85. The summed E-state index contributed by atoms with van der Waals surface area (Å²) in [6.07, 6.45) is 6.66. The molecule has 2 aromatic carbocycles. The molecule has 7 nitrogen and oxygen atoms in total. The fourth-order valence-electron chi connectivity index (χ4n) is 10.8. The van der Waals surface area contributed by atoms with E-state index in [1.165, 1.54) is 13.8 Å². The lowest BCUT2D eigenvalue weighted by Crippen LogP contribution is -2.70. The first-order valence-electron chi connectivity index (χ1n) is 18.9. The van der Waals surface area contributed by atoms with Crippen LogP contribution in [0.25, 0.3) is 0 Å². The van der Waals surface area contributed by atoms with Gasteiger partial charge < -0.3 is 29.6 Å². The number of halogens is 4. The number of benzene rings is 2. The summed E-state index contributed by atoms with van der Waals surface area (Å²) in [5.41, 5.74) is -3.05. The predicted octanol–water partition coefficient (Wildman–Crippen LogP) is 4.83. The average Bonchev–Trinajstić information content (AvgIpc) is 3.09. The molecule has 13 heteroatoms. The monoisotopic (exact) mass is 796 g/mol. The van der Waals surface area contributed by atoms with Gasteiger partial charge in [-0.2, -0.15) is 17.6 Å². The van der Waals surface area contributed by atoms with Gasteiger partial charge in [-0.25, -0.2) is 0 Å². The van der Waals surface area contributed by atoms with Crippen LogP contribution in [0.2, 0.25) is 0 Å². The van der Waals surface area contributed by atoms with E-state index in [9.17, 15) is 47.3 Å². The van der Waals surface area contributed by atoms with Crippen LogP contribution in [0, 0.1) is 52.8 Å². The number of hydrogen-bond acceptors (Lipinski definition) is 7. The summed E-state index contributed by atoms with van der Waals surface area (Å²) in [4.78, 5) is 36.3. The highest BCUT2D eigenvalue weighted by Gasteiger charge is 2.68. The van der Waals surface area contributed by atoms with Crippen LogP contribution in [-0.4, -0.2) is 46.6 Å². The third kappa shape index (κ3) is 8.93. The van der Waals surface area contributed by atoms with Crippen molar-refractivity contribution < 1.29 is 52.0 Å². The minimum Gasteiger partial charge on any atom is -0.544 e. The molecule has 1 N–H and O–H groups in total. The van der Waals surface area contributed by atoms with Gasteiger partial charge in [-0.1, -0.05) is 50.2 Å². The van der Waals surface area contributed by atoms with Crippen LogP contribution in [0.5, 0.6) is 0 Å². The predicted molar refractivity (Wildman–Crippen MR) is 197 cm³/mol. The van der Waals surface area contributed by atoms with Crippen molar-refractivity contribution in [1.29, 1.82) is 0 Å². The highest BCUT2D eigenvalue weighted by Crippen LogP contribution is 2.62. The zero-order chi connectivity index (χ0) is 39.6. The molecule has 298 valence electrons. The lowest BCUT2D eigenvalue weighted by Gasteiger charge is -2.60. The van der Waals surface area contributed by atoms with Crippen molar-refractivity contribution in [3.05, 3.63) is 60.7 Å². The number of ether oxygens (including phenoxy) is 1. The summed E-state index contributed by atoms with van der Waals surface area (Å²) in [6, 6.07) is 19.9. The molecule has 8 fully saturated rings. The summed E-state index contributed by atoms with van der Waals surface area (Å²) in [5.74, 6) is -13.6. The SMILES string of the molecule is CC(C)C(OC(=O)C12CC3CC(CC(C3)C1)C2)C(F)(F)C(=O)[O-].O=C([O-])C(F)(F)C1(O)C2CC3CC(C2)CC1C3.[SH2+]c1ccccc1.[SH2+]c1ccccc1. The van der Waals surface area contributed by atoms with E-state index in [1.807, 2.05) is 60.7 Å². The molecule has 0 spiro atoms. The van der Waals surface area contributed by atoms with Gasteiger partial charge in [0.2, 0.25) is 0 Å². The maximum atomic E-state index is 13.9. The second kappa shape index (κ2) is 16.8. The maximum absolute atomic E-state index is 13.9. The third-order valence-corrected chi connectivity index (χ3v) is 13.3. The fourth-order valence-corrected chi connectivity index (χ4v) is 11.2. The number of esters is 1. The van der Waals surface area contributed by atoms with Gasteiger partial charge in [-0.15, -0.1) is 0 Å². The normalized spacial score (nSPS) is 33.3. The first-order chi connectivity index (χ1) is 25.3. The number of carbonyl (C=O) groups is 3. The Kier molecular flexibility index (Phi) is 13.2. The van der Waals surface area contributed by atoms with E-state index in [4.69, 9.17) is 4.74 Å². The zero-order valence-electron chi connectivity index (χ0n) is 30.7. The van der Waals surface area contributed by atoms with Gasteiger partial charge in [-0.05, 0) is 167 Å². The number of rotatable bonds is 7. The molecule has 8 bridgehead atoms. The molecular weight excluding hydrogens is 745 g/mol. The first kappa shape index (κ1) is 42.4. The Labute approximate surface area is 325 Å². The van der Waals surface area contributed by atoms with Gasteiger partial charge in [0.1, 0.15) is 27.3 Å². The number of carboxylic acid groups (broad SMARTS) is 2. The Hall–Kier alpha value is -2.77. The van der Waals surface area contributed by atoms with E-state index in [0.717, 1.165) is 35.5 Å². The molecule has 1 atom stereocenters. The van der Waals surface area contributed by atoms with Crippen LogP contribution in [0.3, 0.4) is 0 Å². The molecule has 2 aromatic rings. The second-order valence-corrected chi connectivity index (χ2v) is 18.1. The molecule has 10 rings (SSSR count). The van der Waals surface area contributed by atoms with Gasteiger partial charge in [0.15, 0.2) is 6.10 Å². The molecule has 54 heavy (non-hydrogen) atoms. The lowest BCUT2D eigenvalue weighted by atomic mass is 9.48. The highest BCUT2D eigenvalue weighted by molar-refractivity contribution is 7.59. The van der Waals surface area contributed by atoms with Gasteiger partial charge >= 0.3 is 17.8 Å². The molecule has 0 saturated heterocycles. The molecule has 0 aliphatic heterocycles. The van der Waals surface area contributed by atoms with Crippen LogP contribution >= 0.6 is 0 Å². The summed E-state index contributed by atoms with van der Waals surface area (Å²) in [5, 5.41) is 31.7. The Balaban J connectivity index is 0.000000156. The summed E-state index contributed by atoms with van der Waals surface area (Å²) >= 11 is 6.71. The fraction of sp³-hybridized carbons (Fsp3) is 0.634. The number of hydrogen-bond donors (Lipinski definition) is 1. The third-order valence-electron chi connectivity index (χ3n) is 12.6. The Bertz CT molecular complexity index is 1510. The lowest BCUT2D eigenvalue weighted by molar-refractivity contribution is -0.360.